The summed E-state index contributed by atoms with van der Waals surface area (Å²) >= 11 is 0. The number of rotatable bonds is 7. The van der Waals surface area contributed by atoms with Gasteiger partial charge in [-0.1, -0.05) is 0 Å². The lowest BCUT2D eigenvalue weighted by molar-refractivity contribution is -0.354. The fraction of sp³-hybridized carbons (Fsp3) is 0.464. The summed E-state index contributed by atoms with van der Waals surface area (Å²) in [5, 5.41) is 92.5. The van der Waals surface area contributed by atoms with Crippen molar-refractivity contribution in [1.29, 1.82) is 0 Å². The van der Waals surface area contributed by atoms with E-state index in [0.29, 0.717) is 0 Å². The number of ether oxygens (including phenoxy) is 5. The highest BCUT2D eigenvalue weighted by molar-refractivity contribution is 5.88. The lowest BCUT2D eigenvalue weighted by Gasteiger charge is -2.45. The number of phenols is 2. The molecule has 0 radical (unpaired) electrons. The van der Waals surface area contributed by atoms with Crippen LogP contribution in [0, 0.1) is 0 Å². The molecule has 3 aromatic rings. The van der Waals surface area contributed by atoms with Crippen LogP contribution in [0.2, 0.25) is 0 Å². The number of methoxy groups -OCH3 is 1. The highest BCUT2D eigenvalue weighted by Gasteiger charge is 2.51. The number of aromatic hydroxyl groups is 3. The molecule has 2 fully saturated rings. The number of phenolic OH excluding ortho intramolecular Hbond substituents is 2. The Bertz CT molecular complexity index is 1560. The molecule has 0 bridgehead atoms. The molecule has 3 heterocycles. The highest BCUT2D eigenvalue weighted by atomic mass is 16.8. The first-order valence-corrected chi connectivity index (χ1v) is 13.4. The van der Waals surface area contributed by atoms with Gasteiger partial charge < -0.3 is 74.1 Å². The van der Waals surface area contributed by atoms with E-state index in [-0.39, 0.29) is 34.2 Å². The molecule has 1 aromatic heterocycles. The Morgan fingerprint density at radius 3 is 2.23 bits per heavy atom. The van der Waals surface area contributed by atoms with Crippen molar-refractivity contribution in [3.8, 4) is 40.1 Å². The molecule has 2 aromatic carbocycles. The second-order valence-electron chi connectivity index (χ2n) is 10.4. The zero-order valence-electron chi connectivity index (χ0n) is 23.3. The summed E-state index contributed by atoms with van der Waals surface area (Å²) < 4.78 is 33.2. The van der Waals surface area contributed by atoms with Crippen LogP contribution >= 0.6 is 0 Å². The normalized spacial score (nSPS) is 32.5. The maximum atomic E-state index is 13.0. The Labute approximate surface area is 248 Å². The number of aliphatic hydroxyl groups excluding tert-OH is 6. The molecule has 2 aliphatic rings. The molecule has 10 unspecified atom stereocenters. The molecule has 2 aliphatic heterocycles. The maximum absolute atomic E-state index is 13.0. The van der Waals surface area contributed by atoms with Gasteiger partial charge in [-0.25, -0.2) is 0 Å². The Kier molecular flexibility index (Phi) is 8.90. The van der Waals surface area contributed by atoms with E-state index < -0.39 is 90.3 Å². The minimum atomic E-state index is -1.81. The van der Waals surface area contributed by atoms with Gasteiger partial charge in [-0.15, -0.1) is 0 Å². The van der Waals surface area contributed by atoms with Gasteiger partial charge in [0.1, 0.15) is 59.1 Å². The molecule has 0 saturated carbocycles. The van der Waals surface area contributed by atoms with Crippen molar-refractivity contribution in [1.82, 2.24) is 0 Å². The van der Waals surface area contributed by atoms with Crippen LogP contribution in [0.15, 0.2) is 39.5 Å². The van der Waals surface area contributed by atoms with Gasteiger partial charge in [0.25, 0.3) is 0 Å². The van der Waals surface area contributed by atoms with Crippen LogP contribution in [0.25, 0.3) is 22.3 Å². The Hall–Kier alpha value is -3.71. The van der Waals surface area contributed by atoms with Crippen molar-refractivity contribution in [2.75, 3.05) is 13.7 Å². The summed E-state index contributed by atoms with van der Waals surface area (Å²) in [7, 11) is 1.33. The molecule has 5 rings (SSSR count). The summed E-state index contributed by atoms with van der Waals surface area (Å²) in [4.78, 5) is 13.0. The molecule has 9 N–H and O–H groups in total. The highest BCUT2D eigenvalue weighted by Crippen LogP contribution is 2.39. The summed E-state index contributed by atoms with van der Waals surface area (Å²) in [6, 6.07) is 6.07. The van der Waals surface area contributed by atoms with E-state index in [1.54, 1.807) is 0 Å². The van der Waals surface area contributed by atoms with E-state index in [1.165, 1.54) is 32.2 Å². The monoisotopic (exact) mass is 624 g/mol. The third kappa shape index (κ3) is 5.63. The van der Waals surface area contributed by atoms with E-state index in [1.807, 2.05) is 0 Å². The van der Waals surface area contributed by atoms with Crippen LogP contribution < -0.4 is 14.9 Å². The van der Waals surface area contributed by atoms with Crippen molar-refractivity contribution in [3.63, 3.8) is 0 Å². The predicted molar refractivity (Wildman–Crippen MR) is 145 cm³/mol. The standard InChI is InChI=1S/C28H32O16/c1-9-18(32)21(35)24(38)27(40-9)44-26-22(36)19(33)16(8-29)43-28(26)41-11-6-13(31)17-15(7-11)42-25(23(37)20(17)34)10-3-4-14(39-2)12(30)5-10/h3-7,9,16,18-19,21-22,24,26-33,35-38H,8H2,1-2H3. The molecular weight excluding hydrogens is 592 g/mol. The van der Waals surface area contributed by atoms with E-state index >= 15 is 0 Å². The molecule has 16 nitrogen and oxygen atoms in total. The summed E-state index contributed by atoms with van der Waals surface area (Å²) in [5.74, 6) is -2.32. The zero-order chi connectivity index (χ0) is 32.0. The molecule has 0 aliphatic carbocycles. The lowest BCUT2D eigenvalue weighted by Crippen LogP contribution is -2.64. The second kappa shape index (κ2) is 12.4. The molecule has 240 valence electrons. The van der Waals surface area contributed by atoms with Crippen molar-refractivity contribution in [3.05, 3.63) is 40.6 Å². The first kappa shape index (κ1) is 31.7. The number of hydrogen-bond donors (Lipinski definition) is 9. The van der Waals surface area contributed by atoms with Crippen LogP contribution in [0.4, 0.5) is 0 Å². The van der Waals surface area contributed by atoms with Gasteiger partial charge in [0.2, 0.25) is 17.5 Å². The van der Waals surface area contributed by atoms with Crippen molar-refractivity contribution in [2.45, 2.75) is 68.3 Å². The minimum absolute atomic E-state index is 0.0881. The van der Waals surface area contributed by atoms with Gasteiger partial charge in [0.05, 0.1) is 19.8 Å². The third-order valence-corrected chi connectivity index (χ3v) is 7.54. The SMILES string of the molecule is COc1ccc(-c2oc3cc(OC4OC(CO)C(O)C(O)C4OC4OC(C)C(O)C(O)C4O)cc(O)c3c(=O)c2O)cc1O. The minimum Gasteiger partial charge on any atom is -0.507 e. The predicted octanol–water partition coefficient (Wildman–Crippen LogP) is -1.38. The van der Waals surface area contributed by atoms with Crippen LogP contribution in [-0.2, 0) is 14.2 Å². The summed E-state index contributed by atoms with van der Waals surface area (Å²) in [6.45, 7) is 0.643. The molecule has 16 heteroatoms. The second-order valence-corrected chi connectivity index (χ2v) is 10.4. The smallest absolute Gasteiger partial charge is 0.238 e. The molecular formula is C28H32O16. The van der Waals surface area contributed by atoms with Crippen LogP contribution in [0.1, 0.15) is 6.92 Å². The summed E-state index contributed by atoms with van der Waals surface area (Å²) in [5.41, 5.74) is -1.20. The number of hydrogen-bond acceptors (Lipinski definition) is 16. The maximum Gasteiger partial charge on any atom is 0.238 e. The molecule has 0 spiro atoms. The Morgan fingerprint density at radius 2 is 1.57 bits per heavy atom. The van der Waals surface area contributed by atoms with Gasteiger partial charge >= 0.3 is 0 Å². The number of aliphatic hydroxyl groups is 6. The van der Waals surface area contributed by atoms with Gasteiger partial charge in [0.15, 0.2) is 29.7 Å². The average Bonchev–Trinajstić information content (AvgIpc) is 2.99. The Balaban J connectivity index is 1.51. The van der Waals surface area contributed by atoms with Gasteiger partial charge in [-0.05, 0) is 25.1 Å². The van der Waals surface area contributed by atoms with Crippen LogP contribution in [0.3, 0.4) is 0 Å². The lowest BCUT2D eigenvalue weighted by atomic mass is 9.97. The van der Waals surface area contributed by atoms with E-state index in [2.05, 4.69) is 0 Å². The summed E-state index contributed by atoms with van der Waals surface area (Å²) in [6.07, 6.45) is -15.8. The molecule has 0 amide bonds. The average molecular weight is 625 g/mol. The van der Waals surface area contributed by atoms with Gasteiger partial charge in [-0.2, -0.15) is 0 Å². The van der Waals surface area contributed by atoms with Crippen LogP contribution in [0.5, 0.6) is 28.7 Å². The molecule has 44 heavy (non-hydrogen) atoms. The number of benzene rings is 2. The van der Waals surface area contributed by atoms with E-state index in [9.17, 15) is 50.8 Å². The Morgan fingerprint density at radius 1 is 0.841 bits per heavy atom. The quantitative estimate of drug-likeness (QED) is 0.147. The number of fused-ring (bicyclic) bond motifs is 1. The van der Waals surface area contributed by atoms with E-state index in [0.717, 1.165) is 12.1 Å². The van der Waals surface area contributed by atoms with E-state index in [4.69, 9.17) is 28.1 Å². The fourth-order valence-corrected chi connectivity index (χ4v) is 5.07. The van der Waals surface area contributed by atoms with Gasteiger partial charge in [0, 0.05) is 17.7 Å². The third-order valence-electron chi connectivity index (χ3n) is 7.54. The first-order valence-electron chi connectivity index (χ1n) is 13.4. The topological polar surface area (TPSA) is 258 Å². The van der Waals surface area contributed by atoms with Crippen molar-refractivity contribution in [2.24, 2.45) is 0 Å². The fourth-order valence-electron chi connectivity index (χ4n) is 5.07. The largest absolute Gasteiger partial charge is 0.507 e. The molecule has 10 atom stereocenters. The first-order chi connectivity index (χ1) is 20.9. The van der Waals surface area contributed by atoms with Gasteiger partial charge in [-0.3, -0.25) is 4.79 Å². The van der Waals surface area contributed by atoms with Crippen molar-refractivity contribution < 1.29 is 74.1 Å². The molecule has 2 saturated heterocycles. The van der Waals surface area contributed by atoms with Crippen LogP contribution in [-0.4, -0.2) is 121 Å². The van der Waals surface area contributed by atoms with Crippen molar-refractivity contribution >= 4 is 11.0 Å². The zero-order valence-corrected chi connectivity index (χ0v) is 23.3.